The Balaban J connectivity index is 2.18. The van der Waals surface area contributed by atoms with E-state index >= 15 is 0 Å². The summed E-state index contributed by atoms with van der Waals surface area (Å²) in [5.41, 5.74) is 0.179. The van der Waals surface area contributed by atoms with Crippen LogP contribution in [-0.2, 0) is 10.0 Å². The maximum Gasteiger partial charge on any atom is 0.408 e. The summed E-state index contributed by atoms with van der Waals surface area (Å²) < 4.78 is 64.1. The molecule has 2 rings (SSSR count). The van der Waals surface area contributed by atoms with Gasteiger partial charge in [-0.1, -0.05) is 30.3 Å². The van der Waals surface area contributed by atoms with Gasteiger partial charge in [0.15, 0.2) is 0 Å². The van der Waals surface area contributed by atoms with E-state index in [1.165, 1.54) is 21.3 Å². The molecule has 0 bridgehead atoms. The van der Waals surface area contributed by atoms with E-state index in [1.54, 1.807) is 18.2 Å². The number of benzene rings is 1. The standard InChI is InChI=1S/C13H17F3N2O2S/c1-21(19,20)18-9-7-17(8-10-18)12(13(14,15)16)11-5-3-2-4-6-11/h2-6,12H,7-10H2,1H3. The van der Waals surface area contributed by atoms with E-state index in [9.17, 15) is 21.6 Å². The molecule has 4 nitrogen and oxygen atoms in total. The van der Waals surface area contributed by atoms with Gasteiger partial charge in [0.2, 0.25) is 10.0 Å². The van der Waals surface area contributed by atoms with Gasteiger partial charge in [-0.2, -0.15) is 17.5 Å². The molecule has 0 radical (unpaired) electrons. The molecule has 118 valence electrons. The normalized spacial score (nSPS) is 20.4. The summed E-state index contributed by atoms with van der Waals surface area (Å²) in [5, 5.41) is 0. The molecule has 1 aromatic rings. The summed E-state index contributed by atoms with van der Waals surface area (Å²) in [4.78, 5) is 1.29. The molecular formula is C13H17F3N2O2S. The maximum atomic E-state index is 13.3. The predicted molar refractivity (Wildman–Crippen MR) is 73.2 cm³/mol. The minimum Gasteiger partial charge on any atom is -0.286 e. The number of hydrogen-bond acceptors (Lipinski definition) is 3. The van der Waals surface area contributed by atoms with Gasteiger partial charge in [-0.05, 0) is 5.56 Å². The Morgan fingerprint density at radius 1 is 1.05 bits per heavy atom. The average molecular weight is 322 g/mol. The molecule has 0 amide bonds. The van der Waals surface area contributed by atoms with E-state index < -0.39 is 22.2 Å². The zero-order valence-electron chi connectivity index (χ0n) is 11.5. The molecule has 0 saturated carbocycles. The number of rotatable bonds is 3. The maximum absolute atomic E-state index is 13.3. The number of nitrogens with zero attached hydrogens (tertiary/aromatic N) is 2. The van der Waals surface area contributed by atoms with Crippen molar-refractivity contribution in [3.8, 4) is 0 Å². The molecule has 0 spiro atoms. The van der Waals surface area contributed by atoms with Gasteiger partial charge < -0.3 is 0 Å². The molecule has 1 aromatic carbocycles. The second-order valence-corrected chi connectivity index (χ2v) is 7.04. The Labute approximate surface area is 122 Å². The van der Waals surface area contributed by atoms with E-state index in [2.05, 4.69) is 0 Å². The van der Waals surface area contributed by atoms with Crippen LogP contribution in [0.4, 0.5) is 13.2 Å². The Bertz CT molecular complexity index is 567. The lowest BCUT2D eigenvalue weighted by Gasteiger charge is -2.39. The lowest BCUT2D eigenvalue weighted by molar-refractivity contribution is -0.189. The van der Waals surface area contributed by atoms with Crippen LogP contribution in [0, 0.1) is 0 Å². The zero-order chi connectivity index (χ0) is 15.7. The minimum absolute atomic E-state index is 0.0616. The molecule has 1 aliphatic heterocycles. The largest absolute Gasteiger partial charge is 0.408 e. The lowest BCUT2D eigenvalue weighted by atomic mass is 10.0. The summed E-state index contributed by atoms with van der Waals surface area (Å²) in [6.45, 7) is 0.286. The molecule has 1 heterocycles. The van der Waals surface area contributed by atoms with Crippen molar-refractivity contribution in [2.24, 2.45) is 0 Å². The van der Waals surface area contributed by atoms with Crippen molar-refractivity contribution >= 4 is 10.0 Å². The second kappa shape index (κ2) is 5.94. The van der Waals surface area contributed by atoms with Crippen LogP contribution in [0.25, 0.3) is 0 Å². The summed E-state index contributed by atoms with van der Waals surface area (Å²) in [7, 11) is -3.35. The van der Waals surface area contributed by atoms with E-state index in [0.717, 1.165) is 6.26 Å². The number of hydrogen-bond donors (Lipinski definition) is 0. The molecule has 1 aliphatic rings. The van der Waals surface area contributed by atoms with E-state index in [0.29, 0.717) is 0 Å². The van der Waals surface area contributed by atoms with Crippen molar-refractivity contribution in [1.82, 2.24) is 9.21 Å². The predicted octanol–water partition coefficient (Wildman–Crippen LogP) is 1.87. The quantitative estimate of drug-likeness (QED) is 0.853. The monoisotopic (exact) mass is 322 g/mol. The molecule has 21 heavy (non-hydrogen) atoms. The van der Waals surface area contributed by atoms with Crippen LogP contribution in [0.15, 0.2) is 30.3 Å². The Hall–Kier alpha value is -1.12. The first-order valence-corrected chi connectivity index (χ1v) is 8.35. The Morgan fingerprint density at radius 3 is 2.00 bits per heavy atom. The summed E-state index contributed by atoms with van der Waals surface area (Å²) >= 11 is 0. The molecule has 0 aliphatic carbocycles. The van der Waals surface area contributed by atoms with Gasteiger partial charge in [-0.25, -0.2) is 8.42 Å². The van der Waals surface area contributed by atoms with Crippen molar-refractivity contribution in [1.29, 1.82) is 0 Å². The average Bonchev–Trinajstić information content (AvgIpc) is 2.38. The summed E-state index contributed by atoms with van der Waals surface area (Å²) in [6.07, 6.45) is -3.32. The van der Waals surface area contributed by atoms with Crippen molar-refractivity contribution in [3.05, 3.63) is 35.9 Å². The van der Waals surface area contributed by atoms with Crippen molar-refractivity contribution in [2.75, 3.05) is 32.4 Å². The van der Waals surface area contributed by atoms with Gasteiger partial charge in [0.1, 0.15) is 6.04 Å². The highest BCUT2D eigenvalue weighted by molar-refractivity contribution is 7.88. The third-order valence-corrected chi connectivity index (χ3v) is 4.84. The van der Waals surface area contributed by atoms with Crippen LogP contribution in [0.2, 0.25) is 0 Å². The van der Waals surface area contributed by atoms with Gasteiger partial charge >= 0.3 is 6.18 Å². The molecule has 0 aromatic heterocycles. The Morgan fingerprint density at radius 2 is 1.57 bits per heavy atom. The van der Waals surface area contributed by atoms with Gasteiger partial charge in [-0.15, -0.1) is 0 Å². The third-order valence-electron chi connectivity index (χ3n) is 3.53. The molecule has 0 N–H and O–H groups in total. The smallest absolute Gasteiger partial charge is 0.286 e. The van der Waals surface area contributed by atoms with Gasteiger partial charge in [0.05, 0.1) is 6.26 Å². The molecule has 1 atom stereocenters. The number of halogens is 3. The Kier molecular flexibility index (Phi) is 4.60. The summed E-state index contributed by atoms with van der Waals surface area (Å²) in [6, 6.07) is 6.00. The highest BCUT2D eigenvalue weighted by Crippen LogP contribution is 2.38. The molecule has 1 saturated heterocycles. The van der Waals surface area contributed by atoms with E-state index in [-0.39, 0.29) is 31.7 Å². The fourth-order valence-electron chi connectivity index (χ4n) is 2.54. The van der Waals surface area contributed by atoms with E-state index in [1.807, 2.05) is 0 Å². The number of piperazine rings is 1. The lowest BCUT2D eigenvalue weighted by Crippen LogP contribution is -2.51. The third kappa shape index (κ3) is 3.96. The second-order valence-electron chi connectivity index (χ2n) is 5.05. The fraction of sp³-hybridized carbons (Fsp3) is 0.538. The topological polar surface area (TPSA) is 40.6 Å². The number of alkyl halides is 3. The van der Waals surface area contributed by atoms with Crippen LogP contribution in [-0.4, -0.2) is 56.2 Å². The van der Waals surface area contributed by atoms with Crippen molar-refractivity contribution in [3.63, 3.8) is 0 Å². The van der Waals surface area contributed by atoms with Crippen LogP contribution in [0.3, 0.4) is 0 Å². The zero-order valence-corrected chi connectivity index (χ0v) is 12.4. The van der Waals surface area contributed by atoms with Crippen LogP contribution in [0.5, 0.6) is 0 Å². The van der Waals surface area contributed by atoms with E-state index in [4.69, 9.17) is 0 Å². The highest BCUT2D eigenvalue weighted by Gasteiger charge is 2.45. The molecular weight excluding hydrogens is 305 g/mol. The summed E-state index contributed by atoms with van der Waals surface area (Å²) in [5.74, 6) is 0. The van der Waals surface area contributed by atoms with Crippen molar-refractivity contribution < 1.29 is 21.6 Å². The SMILES string of the molecule is CS(=O)(=O)N1CCN(C(c2ccccc2)C(F)(F)F)CC1. The highest BCUT2D eigenvalue weighted by atomic mass is 32.2. The minimum atomic E-state index is -4.39. The molecule has 8 heteroatoms. The van der Waals surface area contributed by atoms with Gasteiger partial charge in [0, 0.05) is 26.2 Å². The van der Waals surface area contributed by atoms with Crippen LogP contribution >= 0.6 is 0 Å². The fourth-order valence-corrected chi connectivity index (χ4v) is 3.36. The first-order valence-electron chi connectivity index (χ1n) is 6.50. The molecule has 1 fully saturated rings. The first-order chi connectivity index (χ1) is 9.69. The number of sulfonamides is 1. The van der Waals surface area contributed by atoms with Crippen LogP contribution in [0.1, 0.15) is 11.6 Å². The first kappa shape index (κ1) is 16.3. The molecule has 1 unspecified atom stereocenters. The van der Waals surface area contributed by atoms with Gasteiger partial charge in [0.25, 0.3) is 0 Å². The van der Waals surface area contributed by atoms with Gasteiger partial charge in [-0.3, -0.25) is 4.90 Å². The van der Waals surface area contributed by atoms with Crippen molar-refractivity contribution in [2.45, 2.75) is 12.2 Å². The van der Waals surface area contributed by atoms with Crippen LogP contribution < -0.4 is 0 Å².